The number of hydrogen-bond donors (Lipinski definition) is 6. The topological polar surface area (TPSA) is 237 Å². The number of aliphatic hydroxyl groups is 2. The molecule has 15 nitrogen and oxygen atoms in total. The third-order valence-electron chi connectivity index (χ3n) is 8.16. The van der Waals surface area contributed by atoms with Crippen LogP contribution in [0.3, 0.4) is 0 Å². The van der Waals surface area contributed by atoms with E-state index >= 15 is 0 Å². The smallest absolute Gasteiger partial charge is 0.326 e. The molecule has 0 radical (unpaired) electrons. The Labute approximate surface area is 233 Å². The Balaban J connectivity index is 1.84. The number of urea groups is 1. The highest BCUT2D eigenvalue weighted by atomic mass is 16.3. The van der Waals surface area contributed by atoms with Crippen LogP contribution in [0.15, 0.2) is 6.07 Å². The predicted octanol–water partition coefficient (Wildman–Crippen LogP) is -2.43. The maximum absolute atomic E-state index is 13.9. The van der Waals surface area contributed by atoms with E-state index in [0.717, 1.165) is 0 Å². The molecule has 0 spiro atoms. The van der Waals surface area contributed by atoms with Crippen molar-refractivity contribution in [2.45, 2.75) is 24.5 Å². The predicted molar refractivity (Wildman–Crippen MR) is 140 cm³/mol. The molecule has 7 N–H and O–H groups in total. The number of anilines is 2. The Morgan fingerprint density at radius 3 is 2.27 bits per heavy atom. The number of phenols is 1. The van der Waals surface area contributed by atoms with Crippen LogP contribution in [0, 0.1) is 23.7 Å². The summed E-state index contributed by atoms with van der Waals surface area (Å²) in [5.41, 5.74) is 2.56. The Morgan fingerprint density at radius 2 is 1.73 bits per heavy atom. The van der Waals surface area contributed by atoms with Gasteiger partial charge in [-0.05, 0) is 44.5 Å². The number of carbonyl (C=O) groups is 7. The van der Waals surface area contributed by atoms with Crippen molar-refractivity contribution < 1.29 is 48.9 Å². The lowest BCUT2D eigenvalue weighted by atomic mass is 9.52. The van der Waals surface area contributed by atoms with Gasteiger partial charge in [0.1, 0.15) is 12.4 Å². The van der Waals surface area contributed by atoms with Gasteiger partial charge in [-0.2, -0.15) is 0 Å². The Hall–Kier alpha value is -4.21. The molecule has 3 aliphatic rings. The van der Waals surface area contributed by atoms with Crippen molar-refractivity contribution in [1.29, 1.82) is 0 Å². The van der Waals surface area contributed by atoms with Gasteiger partial charge in [-0.1, -0.05) is 0 Å². The second-order valence-corrected chi connectivity index (χ2v) is 11.0. The summed E-state index contributed by atoms with van der Waals surface area (Å²) < 4.78 is 0. The molecule has 6 atom stereocenters. The van der Waals surface area contributed by atoms with Crippen LogP contribution in [-0.4, -0.2) is 108 Å². The number of carbonyl (C=O) groups excluding carboxylic acids is 7. The molecular weight excluding hydrogens is 542 g/mol. The molecule has 0 aromatic heterocycles. The minimum absolute atomic E-state index is 0.0301. The van der Waals surface area contributed by atoms with E-state index in [1.807, 2.05) is 5.32 Å². The van der Waals surface area contributed by atoms with Crippen LogP contribution in [0.2, 0.25) is 0 Å². The van der Waals surface area contributed by atoms with Crippen molar-refractivity contribution in [3.8, 4) is 5.75 Å². The molecule has 0 heterocycles. The number of nitrogens with two attached hydrogens (primary N) is 1. The number of rotatable bonds is 5. The highest BCUT2D eigenvalue weighted by Crippen LogP contribution is 2.52. The molecule has 2 unspecified atom stereocenters. The first-order valence-electron chi connectivity index (χ1n) is 12.7. The lowest BCUT2D eigenvalue weighted by Gasteiger charge is -2.52. The number of nitrogens with one attached hydrogen (secondary N) is 2. The average molecular weight is 574 g/mol. The number of ketones is 4. The first-order valence-corrected chi connectivity index (χ1v) is 12.7. The highest BCUT2D eigenvalue weighted by molar-refractivity contribution is 6.32. The lowest BCUT2D eigenvalue weighted by molar-refractivity contribution is -0.181. The number of likely N-dealkylation sites (N-methyl/N-ethyl adjacent to an activating group) is 1. The van der Waals surface area contributed by atoms with E-state index in [4.69, 9.17) is 10.8 Å². The van der Waals surface area contributed by atoms with Crippen molar-refractivity contribution in [2.75, 3.05) is 45.0 Å². The summed E-state index contributed by atoms with van der Waals surface area (Å²) in [5.74, 6) is -13.1. The summed E-state index contributed by atoms with van der Waals surface area (Å²) in [7, 11) is 6.26. The van der Waals surface area contributed by atoms with Gasteiger partial charge < -0.3 is 31.3 Å². The molecule has 0 aliphatic heterocycles. The quantitative estimate of drug-likeness (QED) is 0.159. The zero-order chi connectivity index (χ0) is 30.7. The second-order valence-electron chi connectivity index (χ2n) is 11.0. The largest absolute Gasteiger partial charge is 0.505 e. The molecule has 41 heavy (non-hydrogen) atoms. The summed E-state index contributed by atoms with van der Waals surface area (Å²) in [4.78, 5) is 93.1. The number of hydrogen-bond acceptors (Lipinski definition) is 12. The van der Waals surface area contributed by atoms with E-state index in [0.29, 0.717) is 11.3 Å². The highest BCUT2D eigenvalue weighted by Gasteiger charge is 2.69. The molecule has 1 aromatic carbocycles. The number of amides is 4. The third-order valence-corrected chi connectivity index (χ3v) is 8.16. The van der Waals surface area contributed by atoms with Crippen molar-refractivity contribution >= 4 is 52.4 Å². The molecule has 4 rings (SSSR count). The number of phenolic OH excluding ortho intramolecular Hbond substituents is 1. The molecular formula is C26H31N5O10. The van der Waals surface area contributed by atoms with Crippen molar-refractivity contribution in [1.82, 2.24) is 10.2 Å². The van der Waals surface area contributed by atoms with Gasteiger partial charge in [0.15, 0.2) is 34.7 Å². The number of imide groups is 1. The maximum atomic E-state index is 13.9. The van der Waals surface area contributed by atoms with Crippen molar-refractivity contribution in [3.05, 3.63) is 17.2 Å². The normalized spacial score (nSPS) is 28.9. The van der Waals surface area contributed by atoms with Crippen LogP contribution in [0.5, 0.6) is 5.75 Å². The van der Waals surface area contributed by atoms with E-state index in [1.165, 1.54) is 25.1 Å². The molecule has 4 amide bonds. The number of fused-ring (bicyclic) bond motifs is 3. The van der Waals surface area contributed by atoms with E-state index < -0.39 is 88.6 Å². The zero-order valence-corrected chi connectivity index (χ0v) is 22.8. The maximum Gasteiger partial charge on any atom is 0.326 e. The molecule has 2 fully saturated rings. The number of aromatic hydroxyl groups is 1. The van der Waals surface area contributed by atoms with Gasteiger partial charge in [0.25, 0.3) is 5.91 Å². The van der Waals surface area contributed by atoms with E-state index in [9.17, 15) is 43.8 Å². The molecule has 1 aromatic rings. The van der Waals surface area contributed by atoms with Gasteiger partial charge in [0.05, 0.1) is 23.2 Å². The monoisotopic (exact) mass is 573 g/mol. The van der Waals surface area contributed by atoms with Crippen LogP contribution in [0.4, 0.5) is 16.2 Å². The Morgan fingerprint density at radius 1 is 1.10 bits per heavy atom. The summed E-state index contributed by atoms with van der Waals surface area (Å²) in [6, 6.07) is -0.967. The Kier molecular flexibility index (Phi) is 7.49. The van der Waals surface area contributed by atoms with Gasteiger partial charge in [0, 0.05) is 25.7 Å². The fourth-order valence-corrected chi connectivity index (χ4v) is 6.47. The second kappa shape index (κ2) is 10.3. The van der Waals surface area contributed by atoms with Crippen molar-refractivity contribution in [3.63, 3.8) is 0 Å². The molecule has 220 valence electrons. The third kappa shape index (κ3) is 4.45. The number of primary amides is 1. The van der Waals surface area contributed by atoms with Crippen LogP contribution in [0.1, 0.15) is 22.3 Å². The fraction of sp³-hybridized carbons (Fsp3) is 0.500. The summed E-state index contributed by atoms with van der Waals surface area (Å²) in [6.07, 6.45) is -0.0778. The fourth-order valence-electron chi connectivity index (χ4n) is 6.47. The zero-order valence-electron chi connectivity index (χ0n) is 22.8. The molecule has 3 aliphatic carbocycles. The minimum Gasteiger partial charge on any atom is -0.505 e. The van der Waals surface area contributed by atoms with Gasteiger partial charge in [-0.3, -0.25) is 39.0 Å². The lowest BCUT2D eigenvalue weighted by Crippen LogP contribution is -2.74. The van der Waals surface area contributed by atoms with Crippen LogP contribution >= 0.6 is 0 Å². The first kappa shape index (κ1) is 29.8. The van der Waals surface area contributed by atoms with Gasteiger partial charge in [-0.25, -0.2) is 4.79 Å². The first-order chi connectivity index (χ1) is 19.1. The summed E-state index contributed by atoms with van der Waals surface area (Å²) in [5, 5.41) is 35.6. The molecule has 0 saturated heterocycles. The SMILES string of the molecule is CN(C)c1cc(NC(=O)NC(=O)CO)c(O)c2c1C[C@H]1C[C@H]3[C@H](N(C)C)C(=O)C(C(N)=O)C(=O)[C@@]3(O)C(=O)C1C2=O. The molecule has 2 saturated carbocycles. The number of Topliss-reactive ketones (excluding diaryl/α,β-unsaturated/α-hetero) is 4. The van der Waals surface area contributed by atoms with Crippen LogP contribution in [-0.2, 0) is 30.4 Å². The van der Waals surface area contributed by atoms with E-state index in [-0.39, 0.29) is 24.1 Å². The van der Waals surface area contributed by atoms with Gasteiger partial charge in [-0.15, -0.1) is 0 Å². The van der Waals surface area contributed by atoms with Gasteiger partial charge >= 0.3 is 6.03 Å². The van der Waals surface area contributed by atoms with Crippen LogP contribution in [0.25, 0.3) is 0 Å². The summed E-state index contributed by atoms with van der Waals surface area (Å²) >= 11 is 0. The minimum atomic E-state index is -2.86. The Bertz CT molecular complexity index is 1410. The standard InChI is InChI=1S/C26H31N5O10/c1-30(2)13-7-12(28-25(40)29-14(33)8-32)19(34)16-10(13)5-9-6-11-18(31(3)4)21(36)17(24(27)39)23(38)26(11,41)22(37)15(9)20(16)35/h7,9,11,15,17-18,32,34,41H,5-6,8H2,1-4H3,(H2,27,39)(H2,28,29,33,40)/t9-,11-,15?,17?,18-,26-/m0/s1. The number of nitrogens with zero attached hydrogens (tertiary/aromatic N) is 2. The van der Waals surface area contributed by atoms with Crippen molar-refractivity contribution in [2.24, 2.45) is 29.4 Å². The average Bonchev–Trinajstić information content (AvgIpc) is 2.87. The van der Waals surface area contributed by atoms with E-state index in [2.05, 4.69) is 5.32 Å². The summed E-state index contributed by atoms with van der Waals surface area (Å²) in [6.45, 7) is -0.976. The number of aliphatic hydroxyl groups excluding tert-OH is 1. The van der Waals surface area contributed by atoms with Gasteiger partial charge in [0.2, 0.25) is 5.91 Å². The van der Waals surface area contributed by atoms with Crippen LogP contribution < -0.4 is 21.3 Å². The molecule has 0 bridgehead atoms. The number of benzene rings is 1. The molecule has 15 heteroatoms. The van der Waals surface area contributed by atoms with E-state index in [1.54, 1.807) is 19.0 Å².